The highest BCUT2D eigenvalue weighted by Crippen LogP contribution is 2.22. The molecule has 1 amide bonds. The SMILES string of the molecule is [C-]#[N+]C(C(=O)N(CCCC)CCCC)c1ccc(Cl)cc1. The van der Waals surface area contributed by atoms with Crippen molar-refractivity contribution in [3.8, 4) is 0 Å². The largest absolute Gasteiger partial charge is 0.336 e. The van der Waals surface area contributed by atoms with Gasteiger partial charge in [-0.05, 0) is 37.1 Å². The fraction of sp³-hybridized carbons (Fsp3) is 0.529. The Morgan fingerprint density at radius 2 is 1.71 bits per heavy atom. The quantitative estimate of drug-likeness (QED) is 0.637. The topological polar surface area (TPSA) is 24.7 Å². The third-order valence-corrected chi connectivity index (χ3v) is 3.68. The minimum atomic E-state index is -0.754. The predicted octanol–water partition coefficient (Wildman–Crippen LogP) is 4.73. The van der Waals surface area contributed by atoms with Gasteiger partial charge in [0, 0.05) is 23.7 Å². The highest BCUT2D eigenvalue weighted by atomic mass is 35.5. The van der Waals surface area contributed by atoms with E-state index in [2.05, 4.69) is 18.7 Å². The van der Waals surface area contributed by atoms with Crippen molar-refractivity contribution in [2.75, 3.05) is 13.1 Å². The minimum absolute atomic E-state index is 0.0887. The molecule has 1 atom stereocenters. The molecule has 0 saturated heterocycles. The molecule has 114 valence electrons. The lowest BCUT2D eigenvalue weighted by molar-refractivity contribution is -0.132. The average molecular weight is 307 g/mol. The zero-order valence-corrected chi connectivity index (χ0v) is 13.6. The molecule has 1 unspecified atom stereocenters. The molecule has 0 aromatic heterocycles. The third kappa shape index (κ3) is 5.40. The van der Waals surface area contributed by atoms with Crippen LogP contribution in [-0.2, 0) is 4.79 Å². The second-order valence-corrected chi connectivity index (χ2v) is 5.55. The summed E-state index contributed by atoms with van der Waals surface area (Å²) in [6.45, 7) is 13.0. The highest BCUT2D eigenvalue weighted by molar-refractivity contribution is 6.30. The van der Waals surface area contributed by atoms with E-state index in [1.807, 2.05) is 4.90 Å². The first kappa shape index (κ1) is 17.5. The zero-order valence-electron chi connectivity index (χ0n) is 12.8. The van der Waals surface area contributed by atoms with Crippen LogP contribution in [0.3, 0.4) is 0 Å². The van der Waals surface area contributed by atoms with Crippen molar-refractivity contribution in [1.82, 2.24) is 4.90 Å². The lowest BCUT2D eigenvalue weighted by Gasteiger charge is -2.22. The van der Waals surface area contributed by atoms with Crippen molar-refractivity contribution >= 4 is 17.5 Å². The van der Waals surface area contributed by atoms with Gasteiger partial charge in [-0.2, -0.15) is 0 Å². The maximum absolute atomic E-state index is 12.7. The average Bonchev–Trinajstić information content (AvgIpc) is 2.50. The minimum Gasteiger partial charge on any atom is -0.336 e. The summed E-state index contributed by atoms with van der Waals surface area (Å²) < 4.78 is 0. The van der Waals surface area contributed by atoms with E-state index < -0.39 is 6.04 Å². The van der Waals surface area contributed by atoms with Gasteiger partial charge in [-0.1, -0.05) is 38.3 Å². The van der Waals surface area contributed by atoms with Gasteiger partial charge >= 0.3 is 11.9 Å². The molecule has 3 nitrogen and oxygen atoms in total. The van der Waals surface area contributed by atoms with Crippen LogP contribution in [0.5, 0.6) is 0 Å². The van der Waals surface area contributed by atoms with Gasteiger partial charge in [0.1, 0.15) is 0 Å². The van der Waals surface area contributed by atoms with Gasteiger partial charge in [0.15, 0.2) is 0 Å². The second kappa shape index (κ2) is 9.41. The summed E-state index contributed by atoms with van der Waals surface area (Å²) in [6, 6.07) is 6.23. The van der Waals surface area contributed by atoms with Crippen LogP contribution in [0, 0.1) is 6.57 Å². The number of hydrogen-bond acceptors (Lipinski definition) is 1. The Morgan fingerprint density at radius 3 is 2.14 bits per heavy atom. The molecule has 1 rings (SSSR count). The number of benzene rings is 1. The van der Waals surface area contributed by atoms with Crippen molar-refractivity contribution in [3.05, 3.63) is 46.3 Å². The van der Waals surface area contributed by atoms with Gasteiger partial charge in [-0.3, -0.25) is 9.64 Å². The maximum atomic E-state index is 12.7. The third-order valence-electron chi connectivity index (χ3n) is 3.42. The van der Waals surface area contributed by atoms with Crippen LogP contribution in [0.25, 0.3) is 4.85 Å². The molecule has 0 aliphatic rings. The summed E-state index contributed by atoms with van der Waals surface area (Å²) in [4.78, 5) is 18.0. The van der Waals surface area contributed by atoms with Crippen molar-refractivity contribution < 1.29 is 4.79 Å². The lowest BCUT2D eigenvalue weighted by atomic mass is 10.1. The Kier molecular flexibility index (Phi) is 7.85. The Labute approximate surface area is 132 Å². The second-order valence-electron chi connectivity index (χ2n) is 5.12. The van der Waals surface area contributed by atoms with E-state index in [0.29, 0.717) is 5.02 Å². The standard InChI is InChI=1S/C17H23ClN2O/c1-4-6-12-20(13-7-5-2)17(21)16(19-3)14-8-10-15(18)11-9-14/h8-11,16H,4-7,12-13H2,1-2H3. The summed E-state index contributed by atoms with van der Waals surface area (Å²) in [7, 11) is 0. The van der Waals surface area contributed by atoms with E-state index in [9.17, 15) is 4.79 Å². The van der Waals surface area contributed by atoms with Crippen LogP contribution in [0.4, 0.5) is 0 Å². The van der Waals surface area contributed by atoms with Crippen LogP contribution in [0.2, 0.25) is 5.02 Å². The first-order chi connectivity index (χ1) is 10.1. The predicted molar refractivity (Wildman–Crippen MR) is 87.2 cm³/mol. The number of unbranched alkanes of at least 4 members (excludes halogenated alkanes) is 2. The van der Waals surface area contributed by atoms with Crippen molar-refractivity contribution in [1.29, 1.82) is 0 Å². The van der Waals surface area contributed by atoms with Gasteiger partial charge < -0.3 is 4.90 Å². The van der Waals surface area contributed by atoms with Crippen LogP contribution in [0.15, 0.2) is 24.3 Å². The van der Waals surface area contributed by atoms with Crippen LogP contribution in [-0.4, -0.2) is 23.9 Å². The maximum Gasteiger partial charge on any atom is 0.325 e. The van der Waals surface area contributed by atoms with Crippen molar-refractivity contribution in [2.45, 2.75) is 45.6 Å². The summed E-state index contributed by atoms with van der Waals surface area (Å²) in [5.74, 6) is -0.0887. The van der Waals surface area contributed by atoms with E-state index >= 15 is 0 Å². The van der Waals surface area contributed by atoms with E-state index in [4.69, 9.17) is 18.2 Å². The molecule has 0 radical (unpaired) electrons. The monoisotopic (exact) mass is 306 g/mol. The first-order valence-electron chi connectivity index (χ1n) is 7.54. The highest BCUT2D eigenvalue weighted by Gasteiger charge is 2.30. The number of carbonyl (C=O) groups excluding carboxylic acids is 1. The molecule has 0 aliphatic heterocycles. The molecule has 1 aromatic carbocycles. The normalized spacial score (nSPS) is 11.7. The molecule has 0 aliphatic carbocycles. The van der Waals surface area contributed by atoms with E-state index in [1.54, 1.807) is 24.3 Å². The summed E-state index contributed by atoms with van der Waals surface area (Å²) in [5, 5.41) is 0.615. The molecular formula is C17H23ClN2O. The van der Waals surface area contributed by atoms with Crippen LogP contribution >= 0.6 is 11.6 Å². The van der Waals surface area contributed by atoms with Gasteiger partial charge in [0.25, 0.3) is 0 Å². The van der Waals surface area contributed by atoms with E-state index in [-0.39, 0.29) is 5.91 Å². The van der Waals surface area contributed by atoms with Gasteiger partial charge in [-0.15, -0.1) is 0 Å². The van der Waals surface area contributed by atoms with E-state index in [1.165, 1.54) is 0 Å². The van der Waals surface area contributed by atoms with Gasteiger partial charge in [0.2, 0.25) is 0 Å². The van der Waals surface area contributed by atoms with Crippen molar-refractivity contribution in [2.24, 2.45) is 0 Å². The number of hydrogen-bond donors (Lipinski definition) is 0. The molecule has 0 spiro atoms. The Balaban J connectivity index is 2.87. The van der Waals surface area contributed by atoms with Gasteiger partial charge in [0.05, 0.1) is 0 Å². The smallest absolute Gasteiger partial charge is 0.325 e. The molecule has 0 bridgehead atoms. The molecule has 0 saturated carbocycles. The van der Waals surface area contributed by atoms with E-state index in [0.717, 1.165) is 44.3 Å². The molecule has 1 aromatic rings. The molecule has 0 fully saturated rings. The number of halogens is 1. The number of carbonyl (C=O) groups is 1. The van der Waals surface area contributed by atoms with Gasteiger partial charge in [-0.25, -0.2) is 6.57 Å². The number of rotatable bonds is 8. The lowest BCUT2D eigenvalue weighted by Crippen LogP contribution is -2.35. The Bertz CT molecular complexity index is 471. The summed E-state index contributed by atoms with van der Waals surface area (Å²) in [5.41, 5.74) is 0.720. The number of amides is 1. The molecular weight excluding hydrogens is 284 g/mol. The Hall–Kier alpha value is -1.53. The van der Waals surface area contributed by atoms with Crippen LogP contribution < -0.4 is 0 Å². The zero-order chi connectivity index (χ0) is 15.7. The molecule has 0 N–H and O–H groups in total. The molecule has 4 heteroatoms. The van der Waals surface area contributed by atoms with Crippen LogP contribution in [0.1, 0.15) is 51.1 Å². The Morgan fingerprint density at radius 1 is 1.19 bits per heavy atom. The molecule has 0 heterocycles. The molecule has 21 heavy (non-hydrogen) atoms. The summed E-state index contributed by atoms with van der Waals surface area (Å²) in [6.07, 6.45) is 4.03. The summed E-state index contributed by atoms with van der Waals surface area (Å²) >= 11 is 5.87. The fourth-order valence-electron chi connectivity index (χ4n) is 2.12. The van der Waals surface area contributed by atoms with Crippen molar-refractivity contribution in [3.63, 3.8) is 0 Å². The first-order valence-corrected chi connectivity index (χ1v) is 7.92. The fourth-order valence-corrected chi connectivity index (χ4v) is 2.25. The number of nitrogens with zero attached hydrogens (tertiary/aromatic N) is 2.